The highest BCUT2D eigenvalue weighted by atomic mass is 35.5. The third-order valence-electron chi connectivity index (χ3n) is 3.98. The first-order valence-corrected chi connectivity index (χ1v) is 10.8. The molecule has 0 N–H and O–H groups in total. The van der Waals surface area contributed by atoms with Crippen molar-refractivity contribution in [2.45, 2.75) is 50.9 Å². The molecule has 1 unspecified atom stereocenters. The van der Waals surface area contributed by atoms with E-state index in [0.717, 1.165) is 0 Å². The molecule has 28 heavy (non-hydrogen) atoms. The monoisotopic (exact) mass is 449 g/mol. The highest BCUT2D eigenvalue weighted by Gasteiger charge is 2.30. The number of ether oxygens (including phenoxy) is 1. The van der Waals surface area contributed by atoms with Crippen LogP contribution >= 0.6 is 35.7 Å². The van der Waals surface area contributed by atoms with Gasteiger partial charge in [-0.3, -0.25) is 0 Å². The molecule has 2 rings (SSSR count). The van der Waals surface area contributed by atoms with Gasteiger partial charge in [-0.25, -0.2) is 18.1 Å². The molecular weight excluding hydrogens is 428 g/mol. The summed E-state index contributed by atoms with van der Waals surface area (Å²) < 4.78 is 34.0. The van der Waals surface area contributed by atoms with Crippen molar-refractivity contribution in [3.05, 3.63) is 46.6 Å². The summed E-state index contributed by atoms with van der Waals surface area (Å²) >= 11 is 7.18. The lowest BCUT2D eigenvalue weighted by atomic mass is 10.1. The van der Waals surface area contributed by atoms with Crippen LogP contribution in [0.15, 0.2) is 29.4 Å². The van der Waals surface area contributed by atoms with Crippen LogP contribution in [-0.4, -0.2) is 38.3 Å². The lowest BCUT2D eigenvalue weighted by Crippen LogP contribution is -2.43. The van der Waals surface area contributed by atoms with Crippen LogP contribution < -0.4 is 0 Å². The molecule has 0 saturated carbocycles. The van der Waals surface area contributed by atoms with Gasteiger partial charge < -0.3 is 9.64 Å². The zero-order chi connectivity index (χ0) is 21.0. The molecule has 1 atom stereocenters. The fraction of sp³-hybridized carbons (Fsp3) is 0.444. The van der Waals surface area contributed by atoms with Gasteiger partial charge in [-0.1, -0.05) is 17.7 Å². The molecule has 0 aliphatic carbocycles. The minimum Gasteiger partial charge on any atom is -0.433 e. The van der Waals surface area contributed by atoms with Crippen LogP contribution in [0.25, 0.3) is 0 Å². The van der Waals surface area contributed by atoms with Crippen LogP contribution in [-0.2, 0) is 4.74 Å². The molecule has 0 saturated heterocycles. The standard InChI is InChI=1S/C18H22ClF2N3O2S2/c1-10(2)24(11(3)4)18(25)26-16(12-6-7-14(20)13(19)8-12)17-22-15(27-5)9-23(17)28-21/h6-11,16H,1-5H3. The van der Waals surface area contributed by atoms with Gasteiger partial charge >= 0.3 is 6.09 Å². The van der Waals surface area contributed by atoms with E-state index in [9.17, 15) is 13.1 Å². The lowest BCUT2D eigenvalue weighted by molar-refractivity contribution is 0.0549. The minimum atomic E-state index is -1.06. The molecule has 1 amide bonds. The Kier molecular flexibility index (Phi) is 8.03. The van der Waals surface area contributed by atoms with E-state index in [1.165, 1.54) is 40.1 Å². The van der Waals surface area contributed by atoms with Gasteiger partial charge in [0.15, 0.2) is 24.3 Å². The molecule has 0 spiro atoms. The predicted octanol–water partition coefficient (Wildman–Crippen LogP) is 6.12. The fourth-order valence-corrected chi connectivity index (χ4v) is 3.81. The van der Waals surface area contributed by atoms with Crippen LogP contribution in [0.4, 0.5) is 13.1 Å². The number of nitrogens with zero attached hydrogens (tertiary/aromatic N) is 3. The number of rotatable bonds is 7. The molecule has 154 valence electrons. The van der Waals surface area contributed by atoms with E-state index in [2.05, 4.69) is 4.98 Å². The summed E-state index contributed by atoms with van der Waals surface area (Å²) in [5.41, 5.74) is 0.390. The zero-order valence-electron chi connectivity index (χ0n) is 16.1. The Bertz CT molecular complexity index is 825. The molecule has 1 aromatic heterocycles. The van der Waals surface area contributed by atoms with Crippen molar-refractivity contribution in [3.63, 3.8) is 0 Å². The van der Waals surface area contributed by atoms with E-state index in [1.54, 1.807) is 11.2 Å². The second-order valence-electron chi connectivity index (χ2n) is 6.57. The Morgan fingerprint density at radius 2 is 1.93 bits per heavy atom. The normalized spacial score (nSPS) is 12.5. The highest BCUT2D eigenvalue weighted by Crippen LogP contribution is 2.33. The summed E-state index contributed by atoms with van der Waals surface area (Å²) in [5, 5.41) is 0.429. The number of hydrogen-bond acceptors (Lipinski definition) is 5. The quantitative estimate of drug-likeness (QED) is 0.476. The van der Waals surface area contributed by atoms with E-state index >= 15 is 0 Å². The number of carbonyl (C=O) groups is 1. The van der Waals surface area contributed by atoms with E-state index in [0.29, 0.717) is 10.6 Å². The molecule has 5 nitrogen and oxygen atoms in total. The largest absolute Gasteiger partial charge is 0.433 e. The van der Waals surface area contributed by atoms with Crippen molar-refractivity contribution in [3.8, 4) is 0 Å². The van der Waals surface area contributed by atoms with Crippen molar-refractivity contribution in [1.29, 1.82) is 0 Å². The number of amides is 1. The van der Waals surface area contributed by atoms with Gasteiger partial charge in [0.2, 0.25) is 0 Å². The number of halogens is 3. The summed E-state index contributed by atoms with van der Waals surface area (Å²) in [6.07, 6.45) is 1.66. The average Bonchev–Trinajstić information content (AvgIpc) is 3.04. The van der Waals surface area contributed by atoms with Crippen LogP contribution in [0.2, 0.25) is 5.02 Å². The second kappa shape index (κ2) is 9.84. The van der Waals surface area contributed by atoms with E-state index in [4.69, 9.17) is 16.3 Å². The number of hydrogen-bond donors (Lipinski definition) is 0. The molecular formula is C18H22ClF2N3O2S2. The smallest absolute Gasteiger partial charge is 0.411 e. The summed E-state index contributed by atoms with van der Waals surface area (Å²) in [5.74, 6) is -0.435. The minimum absolute atomic E-state index is 0.0611. The third kappa shape index (κ3) is 5.12. The molecule has 2 aromatic rings. The first-order valence-electron chi connectivity index (χ1n) is 8.55. The summed E-state index contributed by atoms with van der Waals surface area (Å²) in [6, 6.07) is 3.75. The number of thioether (sulfide) groups is 1. The first kappa shape index (κ1) is 22.8. The fourth-order valence-electron chi connectivity index (χ4n) is 2.81. The van der Waals surface area contributed by atoms with Gasteiger partial charge in [0.05, 0.1) is 11.2 Å². The van der Waals surface area contributed by atoms with E-state index in [1.807, 2.05) is 27.7 Å². The zero-order valence-corrected chi connectivity index (χ0v) is 18.5. The third-order valence-corrected chi connectivity index (χ3v) is 5.33. The molecule has 10 heteroatoms. The van der Waals surface area contributed by atoms with Gasteiger partial charge in [0, 0.05) is 17.6 Å². The molecule has 0 radical (unpaired) electrons. The molecule has 1 heterocycles. The second-order valence-corrected chi connectivity index (χ2v) is 8.33. The maximum Gasteiger partial charge on any atom is 0.411 e. The number of imidazole rings is 1. The Morgan fingerprint density at radius 3 is 2.43 bits per heavy atom. The molecule has 0 aliphatic rings. The van der Waals surface area contributed by atoms with E-state index in [-0.39, 0.29) is 35.3 Å². The maximum absolute atomic E-state index is 13.6. The molecule has 1 aromatic carbocycles. The number of aromatic nitrogens is 2. The SMILES string of the molecule is CSc1cn(SF)c(C(OC(=O)N(C(C)C)C(C)C)c2ccc(F)c(Cl)c2)n1. The summed E-state index contributed by atoms with van der Waals surface area (Å²) in [4.78, 5) is 18.8. The van der Waals surface area contributed by atoms with Gasteiger partial charge in [-0.05, 0) is 46.1 Å². The topological polar surface area (TPSA) is 47.4 Å². The van der Waals surface area contributed by atoms with Crippen LogP contribution in [0.5, 0.6) is 0 Å². The van der Waals surface area contributed by atoms with Crippen molar-refractivity contribution >= 4 is 41.8 Å². The van der Waals surface area contributed by atoms with Gasteiger partial charge in [0.1, 0.15) is 10.8 Å². The average molecular weight is 450 g/mol. The summed E-state index contributed by atoms with van der Waals surface area (Å²) in [7, 11) is 0. The van der Waals surface area contributed by atoms with Crippen LogP contribution in [0.1, 0.15) is 45.2 Å². The van der Waals surface area contributed by atoms with Crippen LogP contribution in [0.3, 0.4) is 0 Å². The van der Waals surface area contributed by atoms with Crippen molar-refractivity contribution in [2.75, 3.05) is 6.26 Å². The van der Waals surface area contributed by atoms with Crippen molar-refractivity contribution in [1.82, 2.24) is 13.9 Å². The van der Waals surface area contributed by atoms with Crippen molar-refractivity contribution in [2.24, 2.45) is 0 Å². The van der Waals surface area contributed by atoms with Crippen molar-refractivity contribution < 1.29 is 17.8 Å². The highest BCUT2D eigenvalue weighted by molar-refractivity contribution is 7.98. The lowest BCUT2D eigenvalue weighted by Gasteiger charge is -2.31. The number of benzene rings is 1. The Labute approximate surface area is 177 Å². The number of carbonyl (C=O) groups excluding carboxylic acids is 1. The molecule has 0 aliphatic heterocycles. The van der Waals surface area contributed by atoms with E-state index < -0.39 is 18.0 Å². The van der Waals surface area contributed by atoms with Crippen LogP contribution in [0, 0.1) is 5.82 Å². The Morgan fingerprint density at radius 1 is 1.29 bits per heavy atom. The maximum atomic E-state index is 13.6. The van der Waals surface area contributed by atoms with Gasteiger partial charge in [-0.15, -0.1) is 15.6 Å². The first-order chi connectivity index (χ1) is 13.2. The predicted molar refractivity (Wildman–Crippen MR) is 110 cm³/mol. The Balaban J connectivity index is 2.52. The van der Waals surface area contributed by atoms with Gasteiger partial charge in [-0.2, -0.15) is 0 Å². The summed E-state index contributed by atoms with van der Waals surface area (Å²) in [6.45, 7) is 7.48. The molecule has 0 bridgehead atoms. The molecule has 0 fully saturated rings. The van der Waals surface area contributed by atoms with Gasteiger partial charge in [0.25, 0.3) is 0 Å². The Hall–Kier alpha value is -1.45.